The Morgan fingerprint density at radius 1 is 1.20 bits per heavy atom. The molecule has 0 aliphatic heterocycles. The highest BCUT2D eigenvalue weighted by Crippen LogP contribution is 2.22. The third-order valence-electron chi connectivity index (χ3n) is 5.06. The predicted octanol–water partition coefficient (Wildman–Crippen LogP) is 2.79. The molecule has 0 spiro atoms. The lowest BCUT2D eigenvalue weighted by Gasteiger charge is -2.13. The van der Waals surface area contributed by atoms with E-state index >= 15 is 0 Å². The number of aromatic amines is 1. The molecule has 4 rings (SSSR count). The zero-order valence-electron chi connectivity index (χ0n) is 16.8. The second kappa shape index (κ2) is 7.98. The molecule has 0 fully saturated rings. The van der Waals surface area contributed by atoms with Gasteiger partial charge in [-0.1, -0.05) is 12.1 Å². The van der Waals surface area contributed by atoms with E-state index in [2.05, 4.69) is 15.3 Å². The summed E-state index contributed by atoms with van der Waals surface area (Å²) in [5.41, 5.74) is 3.18. The first-order chi connectivity index (χ1) is 14.4. The van der Waals surface area contributed by atoms with E-state index in [1.807, 2.05) is 43.3 Å². The van der Waals surface area contributed by atoms with Gasteiger partial charge in [-0.3, -0.25) is 14.2 Å². The Morgan fingerprint density at radius 3 is 2.70 bits per heavy atom. The minimum atomic E-state index is -0.387. The van der Waals surface area contributed by atoms with Gasteiger partial charge in [-0.25, -0.2) is 9.37 Å². The van der Waals surface area contributed by atoms with Crippen molar-refractivity contribution in [1.29, 1.82) is 0 Å². The van der Waals surface area contributed by atoms with Crippen molar-refractivity contribution in [1.82, 2.24) is 19.9 Å². The van der Waals surface area contributed by atoms with E-state index in [4.69, 9.17) is 0 Å². The average Bonchev–Trinajstić information content (AvgIpc) is 3.10. The van der Waals surface area contributed by atoms with Gasteiger partial charge in [-0.15, -0.1) is 0 Å². The summed E-state index contributed by atoms with van der Waals surface area (Å²) in [5, 5.41) is 3.43. The van der Waals surface area contributed by atoms with Crippen LogP contribution < -0.4 is 15.8 Å². The lowest BCUT2D eigenvalue weighted by atomic mass is 10.2. The van der Waals surface area contributed by atoms with Crippen LogP contribution in [0.15, 0.2) is 53.6 Å². The van der Waals surface area contributed by atoms with E-state index in [1.165, 1.54) is 23.0 Å². The van der Waals surface area contributed by atoms with Crippen LogP contribution in [0.25, 0.3) is 21.9 Å². The van der Waals surface area contributed by atoms with Gasteiger partial charge in [0.1, 0.15) is 16.9 Å². The average molecular weight is 407 g/mol. The number of anilines is 1. The number of nitrogens with one attached hydrogen (secondary N) is 2. The zero-order valence-corrected chi connectivity index (χ0v) is 16.8. The van der Waals surface area contributed by atoms with Gasteiger partial charge in [0.05, 0.1) is 6.33 Å². The molecule has 30 heavy (non-hydrogen) atoms. The van der Waals surface area contributed by atoms with Crippen LogP contribution in [0.5, 0.6) is 0 Å². The minimum absolute atomic E-state index is 0.151. The Kier molecular flexibility index (Phi) is 5.22. The fraction of sp³-hybridized carbons (Fsp3) is 0.227. The van der Waals surface area contributed by atoms with Crippen molar-refractivity contribution < 1.29 is 9.18 Å². The molecule has 0 bridgehead atoms. The highest BCUT2D eigenvalue weighted by atomic mass is 19.1. The summed E-state index contributed by atoms with van der Waals surface area (Å²) in [6.07, 6.45) is 1.55. The lowest BCUT2D eigenvalue weighted by Crippen LogP contribution is -2.27. The predicted molar refractivity (Wildman–Crippen MR) is 115 cm³/mol. The monoisotopic (exact) mass is 407 g/mol. The maximum absolute atomic E-state index is 13.5. The highest BCUT2D eigenvalue weighted by molar-refractivity contribution is 6.04. The van der Waals surface area contributed by atoms with Gasteiger partial charge in [0.25, 0.3) is 5.56 Å². The molecule has 0 atom stereocenters. The van der Waals surface area contributed by atoms with E-state index in [-0.39, 0.29) is 30.2 Å². The standard InChI is InChI=1S/C22H22FN5O2/c1-27(2)16-6-3-14(4-7-16)12-24-19(29)9-10-28-13-25-20-17-11-15(23)5-8-18(17)26-21(20)22(28)30/h3-8,11,13,26H,9-10,12H2,1-2H3,(H,24,29). The molecule has 1 amide bonds. The van der Waals surface area contributed by atoms with Crippen LogP contribution in [0.2, 0.25) is 0 Å². The Hall–Kier alpha value is -3.68. The maximum Gasteiger partial charge on any atom is 0.277 e. The van der Waals surface area contributed by atoms with Gasteiger partial charge in [-0.05, 0) is 35.9 Å². The Bertz CT molecular complexity index is 1270. The number of hydrogen-bond acceptors (Lipinski definition) is 4. The van der Waals surface area contributed by atoms with Crippen molar-refractivity contribution in [3.8, 4) is 0 Å². The summed E-state index contributed by atoms with van der Waals surface area (Å²) in [4.78, 5) is 34.2. The van der Waals surface area contributed by atoms with Gasteiger partial charge in [0.2, 0.25) is 5.91 Å². The molecular formula is C22H22FN5O2. The fourth-order valence-electron chi connectivity index (χ4n) is 3.34. The zero-order chi connectivity index (χ0) is 21.3. The number of aryl methyl sites for hydroxylation is 1. The summed E-state index contributed by atoms with van der Waals surface area (Å²) >= 11 is 0. The van der Waals surface area contributed by atoms with Gasteiger partial charge in [0.15, 0.2) is 0 Å². The van der Waals surface area contributed by atoms with Crippen LogP contribution in [-0.4, -0.2) is 34.5 Å². The molecule has 2 heterocycles. The molecule has 0 radical (unpaired) electrons. The number of fused-ring (bicyclic) bond motifs is 3. The summed E-state index contributed by atoms with van der Waals surface area (Å²) in [6.45, 7) is 0.628. The van der Waals surface area contributed by atoms with Crippen LogP contribution in [0, 0.1) is 5.82 Å². The van der Waals surface area contributed by atoms with E-state index in [1.54, 1.807) is 6.07 Å². The molecule has 2 aromatic heterocycles. The number of carbonyl (C=O) groups is 1. The smallest absolute Gasteiger partial charge is 0.277 e. The SMILES string of the molecule is CN(C)c1ccc(CNC(=O)CCn2cnc3c([nH]c4ccc(F)cc43)c2=O)cc1. The molecule has 0 saturated carbocycles. The van der Waals surface area contributed by atoms with Crippen LogP contribution >= 0.6 is 0 Å². The van der Waals surface area contributed by atoms with Crippen LogP contribution in [0.3, 0.4) is 0 Å². The number of nitrogens with zero attached hydrogens (tertiary/aromatic N) is 3. The van der Waals surface area contributed by atoms with Gasteiger partial charge in [-0.2, -0.15) is 0 Å². The number of H-pyrrole nitrogens is 1. The van der Waals surface area contributed by atoms with Crippen molar-refractivity contribution in [3.63, 3.8) is 0 Å². The molecule has 8 heteroatoms. The molecule has 2 N–H and O–H groups in total. The second-order valence-electron chi connectivity index (χ2n) is 7.37. The summed E-state index contributed by atoms with van der Waals surface area (Å²) in [5.74, 6) is -0.542. The largest absolute Gasteiger partial charge is 0.378 e. The maximum atomic E-state index is 13.5. The third kappa shape index (κ3) is 3.89. The lowest BCUT2D eigenvalue weighted by molar-refractivity contribution is -0.121. The summed E-state index contributed by atoms with van der Waals surface area (Å²) < 4.78 is 14.9. The quantitative estimate of drug-likeness (QED) is 0.515. The van der Waals surface area contributed by atoms with Gasteiger partial charge in [0, 0.05) is 50.2 Å². The molecular weight excluding hydrogens is 385 g/mol. The molecule has 0 aliphatic carbocycles. The number of halogens is 1. The summed E-state index contributed by atoms with van der Waals surface area (Å²) in [6, 6.07) is 12.2. The topological polar surface area (TPSA) is 83.0 Å². The van der Waals surface area contributed by atoms with Gasteiger partial charge >= 0.3 is 0 Å². The van der Waals surface area contributed by atoms with E-state index < -0.39 is 0 Å². The van der Waals surface area contributed by atoms with Crippen molar-refractivity contribution in [2.45, 2.75) is 19.5 Å². The molecule has 0 unspecified atom stereocenters. The molecule has 154 valence electrons. The fourth-order valence-corrected chi connectivity index (χ4v) is 3.34. The van der Waals surface area contributed by atoms with E-state index in [9.17, 15) is 14.0 Å². The Morgan fingerprint density at radius 2 is 1.97 bits per heavy atom. The minimum Gasteiger partial charge on any atom is -0.378 e. The molecule has 4 aromatic rings. The third-order valence-corrected chi connectivity index (χ3v) is 5.06. The number of aromatic nitrogens is 3. The van der Waals surface area contributed by atoms with Crippen LogP contribution in [0.1, 0.15) is 12.0 Å². The number of hydrogen-bond donors (Lipinski definition) is 2. The first kappa shape index (κ1) is 19.6. The normalized spacial score (nSPS) is 11.2. The number of benzene rings is 2. The van der Waals surface area contributed by atoms with Crippen molar-refractivity contribution >= 4 is 33.5 Å². The Balaban J connectivity index is 1.41. The van der Waals surface area contributed by atoms with Crippen molar-refractivity contribution in [3.05, 3.63) is 70.5 Å². The number of amides is 1. The van der Waals surface area contributed by atoms with Crippen molar-refractivity contribution in [2.75, 3.05) is 19.0 Å². The number of carbonyl (C=O) groups excluding carboxylic acids is 1. The summed E-state index contributed by atoms with van der Waals surface area (Å²) in [7, 11) is 3.94. The second-order valence-corrected chi connectivity index (χ2v) is 7.37. The molecule has 2 aromatic carbocycles. The first-order valence-corrected chi connectivity index (χ1v) is 9.62. The highest BCUT2D eigenvalue weighted by Gasteiger charge is 2.12. The van der Waals surface area contributed by atoms with Gasteiger partial charge < -0.3 is 15.2 Å². The van der Waals surface area contributed by atoms with Crippen molar-refractivity contribution in [2.24, 2.45) is 0 Å². The molecule has 0 aliphatic rings. The van der Waals surface area contributed by atoms with Crippen LogP contribution in [-0.2, 0) is 17.9 Å². The Labute approximate surface area is 172 Å². The first-order valence-electron chi connectivity index (χ1n) is 9.62. The van der Waals surface area contributed by atoms with E-state index in [0.717, 1.165) is 11.3 Å². The van der Waals surface area contributed by atoms with Crippen LogP contribution in [0.4, 0.5) is 10.1 Å². The number of rotatable bonds is 6. The van der Waals surface area contributed by atoms with E-state index in [0.29, 0.717) is 28.5 Å². The molecule has 7 nitrogen and oxygen atoms in total. The molecule has 0 saturated heterocycles.